The Bertz CT molecular complexity index is 352. The van der Waals surface area contributed by atoms with E-state index in [0.717, 1.165) is 5.56 Å². The van der Waals surface area contributed by atoms with Crippen molar-refractivity contribution >= 4 is 11.9 Å². The molecule has 1 heterocycles. The number of pyridine rings is 1. The molecule has 5 heteroatoms. The number of nitrogens with zero attached hydrogens (tertiary/aromatic N) is 1. The molecule has 0 aliphatic carbocycles. The van der Waals surface area contributed by atoms with Crippen LogP contribution in [0.4, 0.5) is 0 Å². The fourth-order valence-electron chi connectivity index (χ4n) is 1.11. The van der Waals surface area contributed by atoms with Gasteiger partial charge < -0.3 is 10.1 Å². The van der Waals surface area contributed by atoms with Crippen LogP contribution in [0.2, 0.25) is 0 Å². The summed E-state index contributed by atoms with van der Waals surface area (Å²) >= 11 is 0. The molecular formula is C11H14N2O3. The van der Waals surface area contributed by atoms with E-state index in [0.29, 0.717) is 6.54 Å². The zero-order chi connectivity index (χ0) is 11.8. The van der Waals surface area contributed by atoms with Crippen LogP contribution in [0, 0.1) is 0 Å². The lowest BCUT2D eigenvalue weighted by Gasteiger charge is -2.04. The van der Waals surface area contributed by atoms with Crippen molar-refractivity contribution < 1.29 is 14.3 Å². The number of carbonyl (C=O) groups excluding carboxylic acids is 2. The Kier molecular flexibility index (Phi) is 4.98. The second kappa shape index (κ2) is 6.55. The molecule has 0 spiro atoms. The summed E-state index contributed by atoms with van der Waals surface area (Å²) < 4.78 is 4.44. The lowest BCUT2D eigenvalue weighted by Crippen LogP contribution is -2.23. The average Bonchev–Trinajstić information content (AvgIpc) is 2.34. The summed E-state index contributed by atoms with van der Waals surface area (Å²) in [6, 6.07) is 3.64. The van der Waals surface area contributed by atoms with Crippen molar-refractivity contribution in [2.75, 3.05) is 7.11 Å². The molecule has 0 saturated heterocycles. The largest absolute Gasteiger partial charge is 0.469 e. The zero-order valence-corrected chi connectivity index (χ0v) is 9.10. The van der Waals surface area contributed by atoms with Crippen LogP contribution < -0.4 is 5.32 Å². The smallest absolute Gasteiger partial charge is 0.306 e. The van der Waals surface area contributed by atoms with E-state index in [2.05, 4.69) is 15.0 Å². The fraction of sp³-hybridized carbons (Fsp3) is 0.364. The van der Waals surface area contributed by atoms with Crippen LogP contribution in [0.15, 0.2) is 24.5 Å². The molecule has 0 atom stereocenters. The average molecular weight is 222 g/mol. The lowest BCUT2D eigenvalue weighted by atomic mass is 10.2. The first kappa shape index (κ1) is 12.2. The van der Waals surface area contributed by atoms with Gasteiger partial charge in [-0.25, -0.2) is 0 Å². The molecule has 5 nitrogen and oxygen atoms in total. The maximum absolute atomic E-state index is 11.3. The van der Waals surface area contributed by atoms with Crippen molar-refractivity contribution in [3.8, 4) is 0 Å². The minimum Gasteiger partial charge on any atom is -0.469 e. The first-order valence-electron chi connectivity index (χ1n) is 4.95. The Labute approximate surface area is 93.8 Å². The second-order valence-electron chi connectivity index (χ2n) is 3.21. The molecule has 1 rings (SSSR count). The predicted molar refractivity (Wildman–Crippen MR) is 57.3 cm³/mol. The summed E-state index contributed by atoms with van der Waals surface area (Å²) in [4.78, 5) is 26.0. The first-order valence-corrected chi connectivity index (χ1v) is 4.95. The number of rotatable bonds is 5. The molecule has 0 aliphatic heterocycles. The van der Waals surface area contributed by atoms with Gasteiger partial charge in [0.2, 0.25) is 5.91 Å². The number of methoxy groups -OCH3 is 1. The summed E-state index contributed by atoms with van der Waals surface area (Å²) in [7, 11) is 1.30. The quantitative estimate of drug-likeness (QED) is 0.743. The van der Waals surface area contributed by atoms with Gasteiger partial charge in [0, 0.05) is 25.4 Å². The molecular weight excluding hydrogens is 208 g/mol. The molecule has 1 N–H and O–H groups in total. The van der Waals surface area contributed by atoms with Crippen molar-refractivity contribution in [2.24, 2.45) is 0 Å². The van der Waals surface area contributed by atoms with Crippen LogP contribution in [0.1, 0.15) is 18.4 Å². The number of hydrogen-bond acceptors (Lipinski definition) is 4. The van der Waals surface area contributed by atoms with Gasteiger partial charge in [-0.15, -0.1) is 0 Å². The van der Waals surface area contributed by atoms with Crippen LogP contribution >= 0.6 is 0 Å². The fourth-order valence-corrected chi connectivity index (χ4v) is 1.11. The van der Waals surface area contributed by atoms with Crippen LogP contribution in [-0.4, -0.2) is 24.0 Å². The number of carbonyl (C=O) groups is 2. The monoisotopic (exact) mass is 222 g/mol. The SMILES string of the molecule is COC(=O)CCC(=O)NCc1ccncc1. The van der Waals surface area contributed by atoms with Crippen LogP contribution in [-0.2, 0) is 20.9 Å². The first-order chi connectivity index (χ1) is 7.72. The summed E-state index contributed by atoms with van der Waals surface area (Å²) in [5.41, 5.74) is 0.974. The predicted octanol–water partition coefficient (Wildman–Crippen LogP) is 0.651. The highest BCUT2D eigenvalue weighted by atomic mass is 16.5. The number of amides is 1. The minimum absolute atomic E-state index is 0.110. The molecule has 0 unspecified atom stereocenters. The van der Waals surface area contributed by atoms with Crippen LogP contribution in [0.25, 0.3) is 0 Å². The number of aromatic nitrogens is 1. The van der Waals surface area contributed by atoms with Gasteiger partial charge in [0.1, 0.15) is 0 Å². The molecule has 0 saturated carbocycles. The topological polar surface area (TPSA) is 68.3 Å². The summed E-state index contributed by atoms with van der Waals surface area (Å²) in [6.45, 7) is 0.447. The Hall–Kier alpha value is -1.91. The van der Waals surface area contributed by atoms with Gasteiger partial charge in [0.05, 0.1) is 13.5 Å². The molecule has 0 aliphatic rings. The highest BCUT2D eigenvalue weighted by Gasteiger charge is 2.05. The standard InChI is InChI=1S/C11H14N2O3/c1-16-11(15)3-2-10(14)13-8-9-4-6-12-7-5-9/h4-7H,2-3,8H2,1H3,(H,13,14). The van der Waals surface area contributed by atoms with Gasteiger partial charge in [0.25, 0.3) is 0 Å². The van der Waals surface area contributed by atoms with Crippen LogP contribution in [0.3, 0.4) is 0 Å². The molecule has 1 aromatic rings. The number of nitrogens with one attached hydrogen (secondary N) is 1. The van der Waals surface area contributed by atoms with E-state index in [1.165, 1.54) is 7.11 Å². The highest BCUT2D eigenvalue weighted by molar-refractivity contribution is 5.81. The molecule has 86 valence electrons. The summed E-state index contributed by atoms with van der Waals surface area (Å²) in [6.07, 6.45) is 3.59. The Morgan fingerprint density at radius 2 is 2.00 bits per heavy atom. The Morgan fingerprint density at radius 1 is 1.31 bits per heavy atom. The lowest BCUT2D eigenvalue weighted by molar-refractivity contribution is -0.142. The number of hydrogen-bond donors (Lipinski definition) is 1. The molecule has 0 radical (unpaired) electrons. The molecule has 16 heavy (non-hydrogen) atoms. The molecule has 0 aromatic carbocycles. The van der Waals surface area contributed by atoms with Crippen molar-refractivity contribution in [3.05, 3.63) is 30.1 Å². The highest BCUT2D eigenvalue weighted by Crippen LogP contribution is 1.96. The third kappa shape index (κ3) is 4.54. The summed E-state index contributed by atoms with van der Waals surface area (Å²) in [5, 5.41) is 2.70. The van der Waals surface area contributed by atoms with Crippen molar-refractivity contribution in [1.29, 1.82) is 0 Å². The Balaban J connectivity index is 2.23. The van der Waals surface area contributed by atoms with E-state index in [4.69, 9.17) is 0 Å². The van der Waals surface area contributed by atoms with E-state index >= 15 is 0 Å². The van der Waals surface area contributed by atoms with Gasteiger partial charge in [-0.05, 0) is 17.7 Å². The van der Waals surface area contributed by atoms with E-state index < -0.39 is 0 Å². The van der Waals surface area contributed by atoms with Crippen molar-refractivity contribution in [2.45, 2.75) is 19.4 Å². The maximum Gasteiger partial charge on any atom is 0.306 e. The maximum atomic E-state index is 11.3. The van der Waals surface area contributed by atoms with Gasteiger partial charge >= 0.3 is 5.97 Å². The van der Waals surface area contributed by atoms with E-state index in [1.807, 2.05) is 12.1 Å². The molecule has 0 bridgehead atoms. The van der Waals surface area contributed by atoms with Crippen molar-refractivity contribution in [1.82, 2.24) is 10.3 Å². The second-order valence-corrected chi connectivity index (χ2v) is 3.21. The van der Waals surface area contributed by atoms with Gasteiger partial charge in [-0.3, -0.25) is 14.6 Å². The van der Waals surface area contributed by atoms with Gasteiger partial charge in [-0.2, -0.15) is 0 Å². The number of ether oxygens (including phenoxy) is 1. The minimum atomic E-state index is -0.376. The Morgan fingerprint density at radius 3 is 2.62 bits per heavy atom. The molecule has 1 aromatic heterocycles. The van der Waals surface area contributed by atoms with E-state index in [1.54, 1.807) is 12.4 Å². The normalized spacial score (nSPS) is 9.56. The summed E-state index contributed by atoms with van der Waals surface area (Å²) in [5.74, 6) is -0.540. The molecule has 0 fully saturated rings. The number of esters is 1. The molecule has 1 amide bonds. The van der Waals surface area contributed by atoms with E-state index in [9.17, 15) is 9.59 Å². The third-order valence-electron chi connectivity index (χ3n) is 2.02. The third-order valence-corrected chi connectivity index (χ3v) is 2.02. The van der Waals surface area contributed by atoms with Gasteiger partial charge in [0.15, 0.2) is 0 Å². The van der Waals surface area contributed by atoms with Crippen molar-refractivity contribution in [3.63, 3.8) is 0 Å². The van der Waals surface area contributed by atoms with Crippen LogP contribution in [0.5, 0.6) is 0 Å². The van der Waals surface area contributed by atoms with E-state index in [-0.39, 0.29) is 24.7 Å². The van der Waals surface area contributed by atoms with Gasteiger partial charge in [-0.1, -0.05) is 0 Å². The zero-order valence-electron chi connectivity index (χ0n) is 9.10.